The van der Waals surface area contributed by atoms with Crippen LogP contribution >= 0.6 is 0 Å². The second kappa shape index (κ2) is 13.2. The maximum atomic E-state index is 6.50. The van der Waals surface area contributed by atoms with Crippen LogP contribution in [0.4, 0.5) is 0 Å². The van der Waals surface area contributed by atoms with E-state index >= 15 is 0 Å². The normalized spacial score (nSPS) is 14.2. The Morgan fingerprint density at radius 1 is 0.429 bits per heavy atom. The average Bonchev–Trinajstić information content (AvgIpc) is 3.82. The lowest BCUT2D eigenvalue weighted by Gasteiger charge is -2.23. The summed E-state index contributed by atoms with van der Waals surface area (Å²) in [4.78, 5) is 14.7. The van der Waals surface area contributed by atoms with Crippen molar-refractivity contribution < 1.29 is 4.42 Å². The molecule has 1 atom stereocenters. The number of fused-ring (bicyclic) bond motifs is 6. The largest absolute Gasteiger partial charge is 0.456 e. The van der Waals surface area contributed by atoms with Crippen LogP contribution < -0.4 is 0 Å². The van der Waals surface area contributed by atoms with Gasteiger partial charge in [0.15, 0.2) is 17.5 Å². The van der Waals surface area contributed by atoms with Crippen LogP contribution in [0.3, 0.4) is 0 Å². The smallest absolute Gasteiger partial charge is 0.164 e. The molecule has 0 amide bonds. The van der Waals surface area contributed by atoms with Crippen molar-refractivity contribution in [2.45, 2.75) is 12.5 Å². The molecule has 1 aliphatic carbocycles. The van der Waals surface area contributed by atoms with Gasteiger partial charge in [-0.15, -0.1) is 0 Å². The highest BCUT2D eigenvalue weighted by Crippen LogP contribution is 2.41. The fourth-order valence-corrected chi connectivity index (χ4v) is 8.28. The van der Waals surface area contributed by atoms with E-state index in [1.165, 1.54) is 44.1 Å². The molecule has 1 unspecified atom stereocenters. The first-order chi connectivity index (χ1) is 27.7. The summed E-state index contributed by atoms with van der Waals surface area (Å²) in [6.07, 6.45) is 7.69. The van der Waals surface area contributed by atoms with Crippen molar-refractivity contribution in [3.05, 3.63) is 194 Å². The summed E-state index contributed by atoms with van der Waals surface area (Å²) in [5.41, 5.74) is 11.9. The highest BCUT2D eigenvalue weighted by molar-refractivity contribution is 6.10. The van der Waals surface area contributed by atoms with Gasteiger partial charge in [0.2, 0.25) is 0 Å². The fourth-order valence-electron chi connectivity index (χ4n) is 8.28. The Labute approximate surface area is 323 Å². The number of hydrogen-bond donors (Lipinski definition) is 0. The molecular formula is C51H34N4O. The van der Waals surface area contributed by atoms with Crippen LogP contribution in [0.1, 0.15) is 18.0 Å². The van der Waals surface area contributed by atoms with Crippen LogP contribution in [-0.2, 0) is 0 Å². The van der Waals surface area contributed by atoms with E-state index in [-0.39, 0.29) is 6.04 Å². The molecule has 0 N–H and O–H groups in total. The molecule has 264 valence electrons. The van der Waals surface area contributed by atoms with Gasteiger partial charge in [-0.1, -0.05) is 146 Å². The van der Waals surface area contributed by atoms with Gasteiger partial charge in [0, 0.05) is 49.3 Å². The number of aromatic nitrogens is 4. The SMILES string of the molecule is C1=CC(n2c3ccccc3c3cc(-c4ccccc4)ccc32)CC(c2ccc3oc4cc(-c5nc(-c6ccccc6)nc(-c6ccccc6)n5)ccc4c3c2)=C1. The minimum atomic E-state index is 0.168. The maximum Gasteiger partial charge on any atom is 0.164 e. The third-order valence-corrected chi connectivity index (χ3v) is 11.0. The first-order valence-corrected chi connectivity index (χ1v) is 19.0. The first kappa shape index (κ1) is 32.1. The molecule has 5 heteroatoms. The fraction of sp³-hybridized carbons (Fsp3) is 0.0392. The van der Waals surface area contributed by atoms with Crippen molar-refractivity contribution in [1.29, 1.82) is 0 Å². The van der Waals surface area contributed by atoms with Gasteiger partial charge in [-0.3, -0.25) is 0 Å². The highest BCUT2D eigenvalue weighted by atomic mass is 16.3. The average molecular weight is 719 g/mol. The number of hydrogen-bond acceptors (Lipinski definition) is 4. The molecule has 11 rings (SSSR count). The number of furan rings is 1. The lowest BCUT2D eigenvalue weighted by atomic mass is 9.93. The number of allylic oxidation sites excluding steroid dienone is 4. The number of benzene rings is 7. The molecule has 3 aromatic heterocycles. The van der Waals surface area contributed by atoms with Crippen molar-refractivity contribution >= 4 is 49.3 Å². The van der Waals surface area contributed by atoms with Gasteiger partial charge in [0.25, 0.3) is 0 Å². The van der Waals surface area contributed by atoms with E-state index in [1.54, 1.807) is 0 Å². The molecule has 1 aliphatic rings. The number of para-hydroxylation sites is 1. The van der Waals surface area contributed by atoms with Crippen LogP contribution in [0.15, 0.2) is 193 Å². The van der Waals surface area contributed by atoms with Crippen LogP contribution in [0.2, 0.25) is 0 Å². The van der Waals surface area contributed by atoms with E-state index in [1.807, 2.05) is 60.7 Å². The molecular weight excluding hydrogens is 685 g/mol. The zero-order chi connectivity index (χ0) is 37.0. The third kappa shape index (κ3) is 5.52. The van der Waals surface area contributed by atoms with E-state index < -0.39 is 0 Å². The van der Waals surface area contributed by atoms with E-state index in [2.05, 4.69) is 132 Å². The van der Waals surface area contributed by atoms with Crippen LogP contribution in [0.5, 0.6) is 0 Å². The van der Waals surface area contributed by atoms with Gasteiger partial charge in [-0.25, -0.2) is 15.0 Å². The topological polar surface area (TPSA) is 56.7 Å². The van der Waals surface area contributed by atoms with Crippen molar-refractivity contribution in [2.75, 3.05) is 0 Å². The van der Waals surface area contributed by atoms with Crippen LogP contribution in [-0.4, -0.2) is 19.5 Å². The van der Waals surface area contributed by atoms with Crippen LogP contribution in [0, 0.1) is 0 Å². The Hall–Kier alpha value is -7.37. The van der Waals surface area contributed by atoms with E-state index in [4.69, 9.17) is 19.4 Å². The Balaban J connectivity index is 0.945. The zero-order valence-corrected chi connectivity index (χ0v) is 30.4. The van der Waals surface area contributed by atoms with Gasteiger partial charge >= 0.3 is 0 Å². The van der Waals surface area contributed by atoms with Gasteiger partial charge in [-0.2, -0.15) is 0 Å². The second-order valence-electron chi connectivity index (χ2n) is 14.4. The lowest BCUT2D eigenvalue weighted by molar-refractivity contribution is 0.656. The third-order valence-electron chi connectivity index (χ3n) is 11.0. The molecule has 0 spiro atoms. The molecule has 0 radical (unpaired) electrons. The molecule has 0 bridgehead atoms. The standard InChI is InChI=1S/C51H34N4O/c1-4-13-33(14-5-1)37-24-27-46-43(30-37)41-21-10-11-22-45(41)55(46)40-20-12-19-36(29-40)38-25-28-47-44(31-38)42-26-23-39(32-48(42)56-47)51-53-49(34-15-6-2-7-16-34)52-50(54-51)35-17-8-3-9-18-35/h1-28,30-32,40H,29H2. The minimum Gasteiger partial charge on any atom is -0.456 e. The summed E-state index contributed by atoms with van der Waals surface area (Å²) in [6.45, 7) is 0. The van der Waals surface area contributed by atoms with Crippen molar-refractivity contribution in [1.82, 2.24) is 19.5 Å². The molecule has 7 aromatic carbocycles. The molecule has 56 heavy (non-hydrogen) atoms. The summed E-state index contributed by atoms with van der Waals surface area (Å²) in [7, 11) is 0. The first-order valence-electron chi connectivity index (χ1n) is 19.0. The Morgan fingerprint density at radius 3 is 1.75 bits per heavy atom. The summed E-state index contributed by atoms with van der Waals surface area (Å²) in [6, 6.07) is 59.5. The molecule has 0 aliphatic heterocycles. The summed E-state index contributed by atoms with van der Waals surface area (Å²) < 4.78 is 9.01. The predicted octanol–water partition coefficient (Wildman–Crippen LogP) is 13.1. The Kier molecular flexibility index (Phi) is 7.56. The van der Waals surface area contributed by atoms with Crippen molar-refractivity contribution in [2.24, 2.45) is 0 Å². The highest BCUT2D eigenvalue weighted by Gasteiger charge is 2.22. The van der Waals surface area contributed by atoms with Gasteiger partial charge in [0.05, 0.1) is 6.04 Å². The molecule has 3 heterocycles. The number of rotatable bonds is 6. The quantitative estimate of drug-likeness (QED) is 0.172. The minimum absolute atomic E-state index is 0.168. The lowest BCUT2D eigenvalue weighted by Crippen LogP contribution is -2.09. The summed E-state index contributed by atoms with van der Waals surface area (Å²) in [5.74, 6) is 1.87. The molecule has 0 fully saturated rings. The molecule has 0 saturated heterocycles. The monoisotopic (exact) mass is 718 g/mol. The predicted molar refractivity (Wildman–Crippen MR) is 229 cm³/mol. The number of nitrogens with zero attached hydrogens (tertiary/aromatic N) is 4. The Bertz CT molecular complexity index is 3100. The van der Waals surface area contributed by atoms with Gasteiger partial charge in [0.1, 0.15) is 11.2 Å². The maximum absolute atomic E-state index is 6.50. The Morgan fingerprint density at radius 2 is 1.02 bits per heavy atom. The van der Waals surface area contributed by atoms with Crippen molar-refractivity contribution in [3.63, 3.8) is 0 Å². The van der Waals surface area contributed by atoms with E-state index in [9.17, 15) is 0 Å². The van der Waals surface area contributed by atoms with Gasteiger partial charge in [-0.05, 0) is 71.1 Å². The molecule has 10 aromatic rings. The van der Waals surface area contributed by atoms with Crippen molar-refractivity contribution in [3.8, 4) is 45.3 Å². The molecule has 0 saturated carbocycles. The van der Waals surface area contributed by atoms with Gasteiger partial charge < -0.3 is 8.98 Å². The summed E-state index contributed by atoms with van der Waals surface area (Å²) in [5, 5.41) is 4.71. The van der Waals surface area contributed by atoms with E-state index in [0.717, 1.165) is 45.0 Å². The molecule has 5 nitrogen and oxygen atoms in total. The summed E-state index contributed by atoms with van der Waals surface area (Å²) >= 11 is 0. The van der Waals surface area contributed by atoms with Crippen LogP contribution in [0.25, 0.3) is 94.6 Å². The second-order valence-corrected chi connectivity index (χ2v) is 14.4. The van der Waals surface area contributed by atoms with E-state index in [0.29, 0.717) is 17.5 Å². The zero-order valence-electron chi connectivity index (χ0n) is 30.4.